The van der Waals surface area contributed by atoms with Crippen molar-refractivity contribution in [2.45, 2.75) is 50.7 Å². The van der Waals surface area contributed by atoms with Crippen LogP contribution in [0.1, 0.15) is 38.5 Å². The van der Waals surface area contributed by atoms with Gasteiger partial charge in [0.05, 0.1) is 0 Å². The number of Topliss-reactive ketones (excluding diaryl/α,β-unsaturated/α-hetero) is 1. The second-order valence-corrected chi connectivity index (χ2v) is 4.32. The monoisotopic (exact) mass is 211 g/mol. The molecule has 15 heavy (non-hydrogen) atoms. The third kappa shape index (κ3) is 2.78. The lowest BCUT2D eigenvalue weighted by molar-refractivity contribution is -0.131. The molecular formula is C11H17NO3. The molecule has 0 bridgehead atoms. The van der Waals surface area contributed by atoms with E-state index in [1.165, 1.54) is 0 Å². The van der Waals surface area contributed by atoms with Crippen molar-refractivity contribution in [1.29, 1.82) is 0 Å². The Labute approximate surface area is 89.4 Å². The normalized spacial score (nSPS) is 28.0. The summed E-state index contributed by atoms with van der Waals surface area (Å²) < 4.78 is 5.30. The van der Waals surface area contributed by atoms with Crippen LogP contribution < -0.4 is 5.32 Å². The smallest absolute Gasteiger partial charge is 0.249 e. The van der Waals surface area contributed by atoms with Gasteiger partial charge >= 0.3 is 0 Å². The second-order valence-electron chi connectivity index (χ2n) is 4.32. The molecule has 2 rings (SSSR count). The Morgan fingerprint density at radius 1 is 1.27 bits per heavy atom. The van der Waals surface area contributed by atoms with Gasteiger partial charge in [-0.25, -0.2) is 0 Å². The minimum absolute atomic E-state index is 0.00634. The first-order valence-electron chi connectivity index (χ1n) is 5.69. The molecule has 1 aliphatic heterocycles. The van der Waals surface area contributed by atoms with Crippen LogP contribution in [0.15, 0.2) is 0 Å². The van der Waals surface area contributed by atoms with Gasteiger partial charge in [0.15, 0.2) is 0 Å². The molecule has 1 unspecified atom stereocenters. The van der Waals surface area contributed by atoms with E-state index >= 15 is 0 Å². The molecule has 84 valence electrons. The fourth-order valence-electron chi connectivity index (χ4n) is 2.16. The number of nitrogens with one attached hydrogen (secondary N) is 1. The van der Waals surface area contributed by atoms with Gasteiger partial charge in [-0.3, -0.25) is 9.59 Å². The predicted octanol–water partition coefficient (Wildman–Crippen LogP) is 0.793. The molecule has 1 N–H and O–H groups in total. The van der Waals surface area contributed by atoms with Crippen molar-refractivity contribution in [3.63, 3.8) is 0 Å². The number of ether oxygens (including phenoxy) is 1. The second kappa shape index (κ2) is 4.75. The maximum Gasteiger partial charge on any atom is 0.249 e. The third-order valence-electron chi connectivity index (χ3n) is 3.11. The lowest BCUT2D eigenvalue weighted by Crippen LogP contribution is -2.42. The summed E-state index contributed by atoms with van der Waals surface area (Å²) in [6.45, 7) is 0.696. The van der Waals surface area contributed by atoms with Crippen molar-refractivity contribution in [1.82, 2.24) is 5.32 Å². The van der Waals surface area contributed by atoms with Crippen molar-refractivity contribution in [3.05, 3.63) is 0 Å². The van der Waals surface area contributed by atoms with Crippen LogP contribution in [0.3, 0.4) is 0 Å². The molecule has 2 fully saturated rings. The number of amides is 1. The molecule has 1 heterocycles. The summed E-state index contributed by atoms with van der Waals surface area (Å²) in [4.78, 5) is 22.7. The summed E-state index contributed by atoms with van der Waals surface area (Å²) in [5, 5.41) is 2.97. The fraction of sp³-hybridized carbons (Fsp3) is 0.818. The Balaban J connectivity index is 1.76. The standard InChI is InChI=1S/C11H17NO3/c13-9-5-3-8(4-6-9)12-11(14)10-2-1-7-15-10/h8,10H,1-7H2,(H,12,14). The van der Waals surface area contributed by atoms with Crippen LogP contribution in [-0.2, 0) is 14.3 Å². The number of hydrogen-bond donors (Lipinski definition) is 1. The molecule has 4 heteroatoms. The highest BCUT2D eigenvalue weighted by molar-refractivity contribution is 5.82. The van der Waals surface area contributed by atoms with Crippen molar-refractivity contribution in [2.24, 2.45) is 0 Å². The van der Waals surface area contributed by atoms with Crippen LogP contribution in [0.2, 0.25) is 0 Å². The van der Waals surface area contributed by atoms with Crippen molar-refractivity contribution >= 4 is 11.7 Å². The molecule has 0 aromatic rings. The zero-order chi connectivity index (χ0) is 10.7. The molecule has 1 saturated carbocycles. The van der Waals surface area contributed by atoms with Gasteiger partial charge in [0, 0.05) is 25.5 Å². The SMILES string of the molecule is O=C1CCC(NC(=O)C2CCCO2)CC1. The highest BCUT2D eigenvalue weighted by Crippen LogP contribution is 2.17. The van der Waals surface area contributed by atoms with E-state index < -0.39 is 0 Å². The summed E-state index contributed by atoms with van der Waals surface area (Å²) >= 11 is 0. The summed E-state index contributed by atoms with van der Waals surface area (Å²) in [5.41, 5.74) is 0. The number of ketones is 1. The largest absolute Gasteiger partial charge is 0.368 e. The topological polar surface area (TPSA) is 55.4 Å². The van der Waals surface area contributed by atoms with Gasteiger partial charge in [-0.05, 0) is 25.7 Å². The van der Waals surface area contributed by atoms with E-state index in [1.807, 2.05) is 0 Å². The molecule has 0 spiro atoms. The van der Waals surface area contributed by atoms with Gasteiger partial charge in [0.1, 0.15) is 11.9 Å². The van der Waals surface area contributed by atoms with E-state index in [0.29, 0.717) is 25.2 Å². The lowest BCUT2D eigenvalue weighted by atomic mass is 9.94. The molecule has 4 nitrogen and oxygen atoms in total. The molecule has 1 aliphatic carbocycles. The molecule has 1 saturated heterocycles. The average Bonchev–Trinajstić information content (AvgIpc) is 2.74. The van der Waals surface area contributed by atoms with Gasteiger partial charge in [-0.2, -0.15) is 0 Å². The van der Waals surface area contributed by atoms with E-state index in [0.717, 1.165) is 25.7 Å². The van der Waals surface area contributed by atoms with Crippen LogP contribution in [0.25, 0.3) is 0 Å². The first-order valence-corrected chi connectivity index (χ1v) is 5.69. The Bertz CT molecular complexity index is 249. The highest BCUT2D eigenvalue weighted by atomic mass is 16.5. The maximum absolute atomic E-state index is 11.7. The van der Waals surface area contributed by atoms with Gasteiger partial charge in [-0.15, -0.1) is 0 Å². The minimum atomic E-state index is -0.248. The lowest BCUT2D eigenvalue weighted by Gasteiger charge is -2.23. The van der Waals surface area contributed by atoms with Crippen LogP contribution >= 0.6 is 0 Å². The fourth-order valence-corrected chi connectivity index (χ4v) is 2.16. The van der Waals surface area contributed by atoms with Gasteiger partial charge < -0.3 is 10.1 Å². The van der Waals surface area contributed by atoms with Crippen molar-refractivity contribution in [2.75, 3.05) is 6.61 Å². The Hall–Kier alpha value is -0.900. The number of carbonyl (C=O) groups excluding carboxylic acids is 2. The summed E-state index contributed by atoms with van der Waals surface area (Å²) in [6.07, 6.45) is 4.35. The van der Waals surface area contributed by atoms with Crippen LogP contribution in [-0.4, -0.2) is 30.4 Å². The van der Waals surface area contributed by atoms with Crippen molar-refractivity contribution < 1.29 is 14.3 Å². The summed E-state index contributed by atoms with van der Waals surface area (Å²) in [5.74, 6) is 0.324. The summed E-state index contributed by atoms with van der Waals surface area (Å²) in [6, 6.07) is 0.180. The zero-order valence-corrected chi connectivity index (χ0v) is 8.83. The predicted molar refractivity (Wildman–Crippen MR) is 54.4 cm³/mol. The highest BCUT2D eigenvalue weighted by Gasteiger charge is 2.27. The Morgan fingerprint density at radius 2 is 2.00 bits per heavy atom. The van der Waals surface area contributed by atoms with E-state index in [2.05, 4.69) is 5.32 Å². The van der Waals surface area contributed by atoms with Crippen LogP contribution in [0.5, 0.6) is 0 Å². The molecule has 0 aromatic carbocycles. The van der Waals surface area contributed by atoms with Crippen LogP contribution in [0, 0.1) is 0 Å². The first kappa shape index (κ1) is 10.6. The van der Waals surface area contributed by atoms with E-state index in [1.54, 1.807) is 0 Å². The summed E-state index contributed by atoms with van der Waals surface area (Å²) in [7, 11) is 0. The molecular weight excluding hydrogens is 194 g/mol. The first-order chi connectivity index (χ1) is 7.25. The molecule has 1 amide bonds. The molecule has 0 aromatic heterocycles. The van der Waals surface area contributed by atoms with Crippen LogP contribution in [0.4, 0.5) is 0 Å². The van der Waals surface area contributed by atoms with Crippen molar-refractivity contribution in [3.8, 4) is 0 Å². The average molecular weight is 211 g/mol. The Kier molecular flexibility index (Phi) is 3.36. The quantitative estimate of drug-likeness (QED) is 0.734. The minimum Gasteiger partial charge on any atom is -0.368 e. The maximum atomic E-state index is 11.7. The number of carbonyl (C=O) groups is 2. The zero-order valence-electron chi connectivity index (χ0n) is 8.83. The van der Waals surface area contributed by atoms with Gasteiger partial charge in [0.2, 0.25) is 5.91 Å². The van der Waals surface area contributed by atoms with E-state index in [9.17, 15) is 9.59 Å². The van der Waals surface area contributed by atoms with Gasteiger partial charge in [0.25, 0.3) is 0 Å². The van der Waals surface area contributed by atoms with E-state index in [4.69, 9.17) is 4.74 Å². The molecule has 1 atom stereocenters. The molecule has 2 aliphatic rings. The Morgan fingerprint density at radius 3 is 2.60 bits per heavy atom. The third-order valence-corrected chi connectivity index (χ3v) is 3.11. The van der Waals surface area contributed by atoms with Gasteiger partial charge in [-0.1, -0.05) is 0 Å². The number of hydrogen-bond acceptors (Lipinski definition) is 3. The van der Waals surface area contributed by atoms with E-state index in [-0.39, 0.29) is 18.1 Å². The number of rotatable bonds is 2. The molecule has 0 radical (unpaired) electrons.